The van der Waals surface area contributed by atoms with Crippen molar-refractivity contribution in [2.24, 2.45) is 0 Å². The summed E-state index contributed by atoms with van der Waals surface area (Å²) in [5.74, 6) is -0.293. The lowest BCUT2D eigenvalue weighted by Gasteiger charge is -2.16. The first kappa shape index (κ1) is 22.6. The molecule has 0 saturated carbocycles. The predicted octanol–water partition coefficient (Wildman–Crippen LogP) is 4.04. The first-order valence-corrected chi connectivity index (χ1v) is 9.80. The van der Waals surface area contributed by atoms with Crippen molar-refractivity contribution in [3.63, 3.8) is 0 Å². The number of hydrogen-bond acceptors (Lipinski definition) is 4. The molecule has 1 N–H and O–H groups in total. The van der Waals surface area contributed by atoms with Crippen LogP contribution in [0.5, 0.6) is 5.75 Å². The third-order valence-electron chi connectivity index (χ3n) is 4.81. The molecule has 2 aromatic carbocycles. The summed E-state index contributed by atoms with van der Waals surface area (Å²) in [4.78, 5) is 26.0. The highest BCUT2D eigenvalue weighted by molar-refractivity contribution is 5.96. The minimum atomic E-state index is -4.55. The first-order chi connectivity index (χ1) is 14.8. The molecule has 0 radical (unpaired) electrons. The second-order valence-electron chi connectivity index (χ2n) is 7.09. The number of methoxy groups -OCH3 is 1. The van der Waals surface area contributed by atoms with Crippen LogP contribution < -0.4 is 15.0 Å². The SMILES string of the molecule is COCCOc1ccc(C(F)(F)F)cc1NC(=O)Cc1ccc(N2CCCC2=O)cc1. The molecule has 166 valence electrons. The van der Waals surface area contributed by atoms with Gasteiger partial charge in [-0.15, -0.1) is 0 Å². The zero-order valence-electron chi connectivity index (χ0n) is 17.0. The Balaban J connectivity index is 1.70. The summed E-state index contributed by atoms with van der Waals surface area (Å²) >= 11 is 0. The molecular formula is C22H23F3N2O4. The fraction of sp³-hybridized carbons (Fsp3) is 0.364. The van der Waals surface area contributed by atoms with Gasteiger partial charge >= 0.3 is 6.18 Å². The summed E-state index contributed by atoms with van der Waals surface area (Å²) in [5.41, 5.74) is 0.483. The van der Waals surface area contributed by atoms with Gasteiger partial charge in [-0.1, -0.05) is 12.1 Å². The molecule has 3 rings (SSSR count). The predicted molar refractivity (Wildman–Crippen MR) is 109 cm³/mol. The molecule has 0 aromatic heterocycles. The highest BCUT2D eigenvalue weighted by atomic mass is 19.4. The molecule has 9 heteroatoms. The number of ether oxygens (including phenoxy) is 2. The number of carbonyl (C=O) groups is 2. The molecule has 1 aliphatic heterocycles. The Morgan fingerprint density at radius 2 is 1.87 bits per heavy atom. The van der Waals surface area contributed by atoms with Gasteiger partial charge in [0.1, 0.15) is 12.4 Å². The van der Waals surface area contributed by atoms with Crippen molar-refractivity contribution in [3.8, 4) is 5.75 Å². The number of halogens is 3. The van der Waals surface area contributed by atoms with E-state index in [4.69, 9.17) is 9.47 Å². The normalized spacial score (nSPS) is 14.1. The van der Waals surface area contributed by atoms with Crippen molar-refractivity contribution in [2.75, 3.05) is 37.1 Å². The first-order valence-electron chi connectivity index (χ1n) is 9.80. The van der Waals surface area contributed by atoms with Crippen LogP contribution in [0.2, 0.25) is 0 Å². The third-order valence-corrected chi connectivity index (χ3v) is 4.81. The van der Waals surface area contributed by atoms with Crippen LogP contribution in [0.15, 0.2) is 42.5 Å². The van der Waals surface area contributed by atoms with Gasteiger partial charge in [0, 0.05) is 25.8 Å². The second kappa shape index (κ2) is 9.82. The molecule has 1 heterocycles. The molecule has 2 amide bonds. The Labute approximate surface area is 177 Å². The monoisotopic (exact) mass is 436 g/mol. The van der Waals surface area contributed by atoms with Gasteiger partial charge in [0.2, 0.25) is 11.8 Å². The number of amides is 2. The highest BCUT2D eigenvalue weighted by Gasteiger charge is 2.31. The molecule has 6 nitrogen and oxygen atoms in total. The summed E-state index contributed by atoms with van der Waals surface area (Å²) in [6.45, 7) is 1.04. The standard InChI is InChI=1S/C22H23F3N2O4/c1-30-11-12-31-19-9-6-16(22(23,24)25)14-18(19)26-20(28)13-15-4-7-17(8-5-15)27-10-2-3-21(27)29/h4-9,14H,2-3,10-13H2,1H3,(H,26,28). The van der Waals surface area contributed by atoms with Gasteiger partial charge in [0.25, 0.3) is 0 Å². The molecule has 0 bridgehead atoms. The molecule has 2 aromatic rings. The van der Waals surface area contributed by atoms with E-state index in [0.29, 0.717) is 18.5 Å². The lowest BCUT2D eigenvalue weighted by Crippen LogP contribution is -2.23. The topological polar surface area (TPSA) is 67.9 Å². The van der Waals surface area contributed by atoms with E-state index < -0.39 is 17.6 Å². The summed E-state index contributed by atoms with van der Waals surface area (Å²) < 4.78 is 49.6. The van der Waals surface area contributed by atoms with Crippen molar-refractivity contribution in [1.82, 2.24) is 0 Å². The zero-order valence-corrected chi connectivity index (χ0v) is 17.0. The summed E-state index contributed by atoms with van der Waals surface area (Å²) in [6.07, 6.45) is -3.25. The lowest BCUT2D eigenvalue weighted by molar-refractivity contribution is -0.137. The highest BCUT2D eigenvalue weighted by Crippen LogP contribution is 2.35. The van der Waals surface area contributed by atoms with Gasteiger partial charge < -0.3 is 19.7 Å². The van der Waals surface area contributed by atoms with Crippen LogP contribution in [-0.2, 0) is 26.9 Å². The van der Waals surface area contributed by atoms with Gasteiger partial charge in [-0.05, 0) is 42.3 Å². The molecule has 1 aliphatic rings. The smallest absolute Gasteiger partial charge is 0.416 e. The van der Waals surface area contributed by atoms with Crippen molar-refractivity contribution in [1.29, 1.82) is 0 Å². The molecule has 0 aliphatic carbocycles. The van der Waals surface area contributed by atoms with E-state index in [9.17, 15) is 22.8 Å². The van der Waals surface area contributed by atoms with Crippen LogP contribution in [0.4, 0.5) is 24.5 Å². The van der Waals surface area contributed by atoms with Crippen LogP contribution in [0.1, 0.15) is 24.0 Å². The maximum Gasteiger partial charge on any atom is 0.416 e. The van der Waals surface area contributed by atoms with Crippen molar-refractivity contribution in [2.45, 2.75) is 25.4 Å². The maximum absolute atomic E-state index is 13.1. The van der Waals surface area contributed by atoms with E-state index in [-0.39, 0.29) is 37.0 Å². The van der Waals surface area contributed by atoms with Gasteiger partial charge in [0.05, 0.1) is 24.3 Å². The van der Waals surface area contributed by atoms with Gasteiger partial charge in [-0.3, -0.25) is 9.59 Å². The third kappa shape index (κ3) is 5.97. The molecule has 0 atom stereocenters. The largest absolute Gasteiger partial charge is 0.489 e. The Morgan fingerprint density at radius 3 is 2.48 bits per heavy atom. The van der Waals surface area contributed by atoms with Gasteiger partial charge in [-0.2, -0.15) is 13.2 Å². The van der Waals surface area contributed by atoms with Crippen LogP contribution in [0, 0.1) is 0 Å². The van der Waals surface area contributed by atoms with Gasteiger partial charge in [-0.25, -0.2) is 0 Å². The summed E-state index contributed by atoms with van der Waals surface area (Å²) in [6, 6.07) is 9.89. The average molecular weight is 436 g/mol. The van der Waals surface area contributed by atoms with E-state index in [2.05, 4.69) is 5.32 Å². The van der Waals surface area contributed by atoms with Crippen LogP contribution in [-0.4, -0.2) is 38.7 Å². The Hall–Kier alpha value is -3.07. The van der Waals surface area contributed by atoms with Crippen molar-refractivity contribution >= 4 is 23.2 Å². The van der Waals surface area contributed by atoms with Crippen molar-refractivity contribution < 1.29 is 32.2 Å². The van der Waals surface area contributed by atoms with Gasteiger partial charge in [0.15, 0.2) is 0 Å². The average Bonchev–Trinajstić information content (AvgIpc) is 3.15. The molecule has 1 saturated heterocycles. The minimum Gasteiger partial charge on any atom is -0.489 e. The van der Waals surface area contributed by atoms with E-state index in [1.165, 1.54) is 13.2 Å². The number of nitrogens with zero attached hydrogens (tertiary/aromatic N) is 1. The number of nitrogens with one attached hydrogen (secondary N) is 1. The fourth-order valence-corrected chi connectivity index (χ4v) is 3.26. The lowest BCUT2D eigenvalue weighted by atomic mass is 10.1. The van der Waals surface area contributed by atoms with E-state index in [1.807, 2.05) is 0 Å². The molecule has 0 unspecified atom stereocenters. The van der Waals surface area contributed by atoms with E-state index in [1.54, 1.807) is 29.2 Å². The number of alkyl halides is 3. The molecule has 1 fully saturated rings. The second-order valence-corrected chi connectivity index (χ2v) is 7.09. The number of hydrogen-bond donors (Lipinski definition) is 1. The number of rotatable bonds is 8. The quantitative estimate of drug-likeness (QED) is 0.635. The van der Waals surface area contributed by atoms with Crippen molar-refractivity contribution in [3.05, 3.63) is 53.6 Å². The van der Waals surface area contributed by atoms with Crippen LogP contribution in [0.25, 0.3) is 0 Å². The molecule has 31 heavy (non-hydrogen) atoms. The zero-order chi connectivity index (χ0) is 22.4. The van der Waals surface area contributed by atoms with E-state index in [0.717, 1.165) is 24.2 Å². The van der Waals surface area contributed by atoms with E-state index >= 15 is 0 Å². The number of anilines is 2. The number of benzene rings is 2. The number of carbonyl (C=O) groups excluding carboxylic acids is 2. The Morgan fingerprint density at radius 1 is 1.13 bits per heavy atom. The Bertz CT molecular complexity index is 929. The molecule has 0 spiro atoms. The minimum absolute atomic E-state index is 0.0397. The van der Waals surface area contributed by atoms with Crippen LogP contribution in [0.3, 0.4) is 0 Å². The Kier molecular flexibility index (Phi) is 7.17. The molecular weight excluding hydrogens is 413 g/mol. The summed E-state index contributed by atoms with van der Waals surface area (Å²) in [7, 11) is 1.48. The summed E-state index contributed by atoms with van der Waals surface area (Å²) in [5, 5.41) is 2.51. The van der Waals surface area contributed by atoms with Crippen LogP contribution >= 0.6 is 0 Å². The fourth-order valence-electron chi connectivity index (χ4n) is 3.26. The maximum atomic E-state index is 13.1.